The zero-order chi connectivity index (χ0) is 13.0. The van der Waals surface area contributed by atoms with Crippen LogP contribution in [0.1, 0.15) is 12.8 Å². The first kappa shape index (κ1) is 13.3. The summed E-state index contributed by atoms with van der Waals surface area (Å²) in [6.07, 6.45) is 2.34. The van der Waals surface area contributed by atoms with Crippen molar-refractivity contribution in [2.75, 3.05) is 32.6 Å². The second-order valence-electron chi connectivity index (χ2n) is 4.37. The molecular weight excluding hydrogens is 252 g/mol. The molecule has 1 heterocycles. The highest BCUT2D eigenvalue weighted by atomic mass is 35.5. The molecule has 18 heavy (non-hydrogen) atoms. The van der Waals surface area contributed by atoms with E-state index < -0.39 is 0 Å². The maximum atomic E-state index is 6.08. The molecule has 0 spiro atoms. The van der Waals surface area contributed by atoms with Gasteiger partial charge in [0.25, 0.3) is 0 Å². The van der Waals surface area contributed by atoms with Crippen molar-refractivity contribution in [2.45, 2.75) is 18.9 Å². The minimum absolute atomic E-state index is 0.415. The van der Waals surface area contributed by atoms with Crippen LogP contribution in [0, 0.1) is 0 Å². The highest BCUT2D eigenvalue weighted by molar-refractivity contribution is 6.32. The molecule has 1 aliphatic heterocycles. The van der Waals surface area contributed by atoms with Gasteiger partial charge in [-0.1, -0.05) is 11.6 Å². The molecule has 1 aromatic carbocycles. The number of hydrogen-bond donors (Lipinski definition) is 2. The van der Waals surface area contributed by atoms with Gasteiger partial charge < -0.3 is 20.1 Å². The molecule has 100 valence electrons. The van der Waals surface area contributed by atoms with E-state index in [2.05, 4.69) is 10.6 Å². The van der Waals surface area contributed by atoms with Gasteiger partial charge >= 0.3 is 0 Å². The molecule has 0 aromatic heterocycles. The average molecular weight is 271 g/mol. The summed E-state index contributed by atoms with van der Waals surface area (Å²) in [5.74, 6) is 1.40. The van der Waals surface area contributed by atoms with Crippen LogP contribution >= 0.6 is 11.6 Å². The molecule has 4 nitrogen and oxygen atoms in total. The fourth-order valence-electron chi connectivity index (χ4n) is 2.17. The number of anilines is 1. The molecule has 0 saturated carbocycles. The molecule has 2 N–H and O–H groups in total. The normalized spacial score (nSPS) is 19.4. The van der Waals surface area contributed by atoms with Gasteiger partial charge in [0.2, 0.25) is 0 Å². The fraction of sp³-hybridized carbons (Fsp3) is 0.538. The van der Waals surface area contributed by atoms with Crippen molar-refractivity contribution in [1.29, 1.82) is 0 Å². The van der Waals surface area contributed by atoms with Crippen LogP contribution < -0.4 is 20.1 Å². The summed E-state index contributed by atoms with van der Waals surface area (Å²) >= 11 is 6.08. The van der Waals surface area contributed by atoms with Gasteiger partial charge in [0, 0.05) is 24.7 Å². The molecular formula is C13H19ClN2O2. The lowest BCUT2D eigenvalue weighted by molar-refractivity contribution is 0.403. The van der Waals surface area contributed by atoms with Crippen molar-refractivity contribution < 1.29 is 9.47 Å². The Morgan fingerprint density at radius 1 is 1.28 bits per heavy atom. The summed E-state index contributed by atoms with van der Waals surface area (Å²) in [6, 6.07) is 4.08. The standard InChI is InChI=1S/C13H19ClN2O2/c1-17-12-7-11(13(18-2)6-10(12)14)16-9-4-3-5-15-8-9/h6-7,9,15-16H,3-5,8H2,1-2H3. The van der Waals surface area contributed by atoms with Gasteiger partial charge in [-0.3, -0.25) is 0 Å². The Kier molecular flexibility index (Phi) is 4.55. The van der Waals surface area contributed by atoms with E-state index in [1.54, 1.807) is 20.3 Å². The molecule has 0 bridgehead atoms. The van der Waals surface area contributed by atoms with Gasteiger partial charge in [0.05, 0.1) is 24.9 Å². The van der Waals surface area contributed by atoms with Gasteiger partial charge in [-0.15, -0.1) is 0 Å². The molecule has 1 aliphatic rings. The number of piperidine rings is 1. The number of methoxy groups -OCH3 is 2. The van der Waals surface area contributed by atoms with E-state index in [1.807, 2.05) is 6.07 Å². The third-order valence-corrected chi connectivity index (χ3v) is 3.43. The molecule has 1 fully saturated rings. The SMILES string of the molecule is COc1cc(NC2CCCNC2)c(OC)cc1Cl. The maximum Gasteiger partial charge on any atom is 0.143 e. The highest BCUT2D eigenvalue weighted by Gasteiger charge is 2.16. The first-order chi connectivity index (χ1) is 8.74. The van der Waals surface area contributed by atoms with Crippen molar-refractivity contribution in [1.82, 2.24) is 5.32 Å². The van der Waals surface area contributed by atoms with Crippen molar-refractivity contribution in [3.05, 3.63) is 17.2 Å². The second kappa shape index (κ2) is 6.16. The van der Waals surface area contributed by atoms with Gasteiger partial charge in [0.1, 0.15) is 11.5 Å². The summed E-state index contributed by atoms with van der Waals surface area (Å²) in [5, 5.41) is 7.41. The van der Waals surface area contributed by atoms with Crippen molar-refractivity contribution in [3.8, 4) is 11.5 Å². The molecule has 0 aliphatic carbocycles. The van der Waals surface area contributed by atoms with E-state index in [0.29, 0.717) is 16.8 Å². The minimum Gasteiger partial charge on any atom is -0.495 e. The van der Waals surface area contributed by atoms with Crippen LogP contribution in [0.2, 0.25) is 5.02 Å². The van der Waals surface area contributed by atoms with Gasteiger partial charge in [-0.05, 0) is 19.4 Å². The molecule has 1 aromatic rings. The lowest BCUT2D eigenvalue weighted by Crippen LogP contribution is -2.38. The molecule has 2 rings (SSSR count). The highest BCUT2D eigenvalue weighted by Crippen LogP contribution is 2.36. The monoisotopic (exact) mass is 270 g/mol. The van der Waals surface area contributed by atoms with E-state index in [4.69, 9.17) is 21.1 Å². The zero-order valence-electron chi connectivity index (χ0n) is 10.8. The van der Waals surface area contributed by atoms with Crippen LogP contribution in [0.3, 0.4) is 0 Å². The van der Waals surface area contributed by atoms with E-state index in [-0.39, 0.29) is 0 Å². The molecule has 1 atom stereocenters. The topological polar surface area (TPSA) is 42.5 Å². The Morgan fingerprint density at radius 2 is 2.06 bits per heavy atom. The van der Waals surface area contributed by atoms with Crippen LogP contribution in [-0.2, 0) is 0 Å². The Labute approximate surface area is 113 Å². The minimum atomic E-state index is 0.415. The smallest absolute Gasteiger partial charge is 0.143 e. The van der Waals surface area contributed by atoms with Crippen LogP contribution in [0.4, 0.5) is 5.69 Å². The average Bonchev–Trinajstić information content (AvgIpc) is 2.41. The number of benzene rings is 1. The Morgan fingerprint density at radius 3 is 2.67 bits per heavy atom. The molecule has 0 radical (unpaired) electrons. The Balaban J connectivity index is 2.18. The number of nitrogens with one attached hydrogen (secondary N) is 2. The Hall–Kier alpha value is -1.13. The van der Waals surface area contributed by atoms with Crippen LogP contribution in [0.25, 0.3) is 0 Å². The van der Waals surface area contributed by atoms with Crippen molar-refractivity contribution in [3.63, 3.8) is 0 Å². The van der Waals surface area contributed by atoms with E-state index >= 15 is 0 Å². The molecule has 1 saturated heterocycles. The predicted octanol–water partition coefficient (Wildman–Crippen LogP) is 2.52. The lowest BCUT2D eigenvalue weighted by Gasteiger charge is -2.26. The zero-order valence-corrected chi connectivity index (χ0v) is 11.5. The van der Waals surface area contributed by atoms with Crippen LogP contribution in [0.5, 0.6) is 11.5 Å². The first-order valence-electron chi connectivity index (χ1n) is 6.13. The lowest BCUT2D eigenvalue weighted by atomic mass is 10.1. The van der Waals surface area contributed by atoms with E-state index in [1.165, 1.54) is 6.42 Å². The summed E-state index contributed by atoms with van der Waals surface area (Å²) in [4.78, 5) is 0. The Bertz CT molecular complexity index is 406. The summed E-state index contributed by atoms with van der Waals surface area (Å²) in [6.45, 7) is 2.06. The largest absolute Gasteiger partial charge is 0.495 e. The molecule has 5 heteroatoms. The van der Waals surface area contributed by atoms with E-state index in [9.17, 15) is 0 Å². The molecule has 0 amide bonds. The van der Waals surface area contributed by atoms with Crippen LogP contribution in [-0.4, -0.2) is 33.4 Å². The third kappa shape index (κ3) is 3.00. The predicted molar refractivity (Wildman–Crippen MR) is 74.1 cm³/mol. The number of hydrogen-bond acceptors (Lipinski definition) is 4. The van der Waals surface area contributed by atoms with Crippen molar-refractivity contribution >= 4 is 17.3 Å². The quantitative estimate of drug-likeness (QED) is 0.882. The summed E-state index contributed by atoms with van der Waals surface area (Å²) in [5.41, 5.74) is 0.924. The maximum absolute atomic E-state index is 6.08. The second-order valence-corrected chi connectivity index (χ2v) is 4.78. The third-order valence-electron chi connectivity index (χ3n) is 3.13. The number of rotatable bonds is 4. The summed E-state index contributed by atoms with van der Waals surface area (Å²) < 4.78 is 10.6. The van der Waals surface area contributed by atoms with Gasteiger partial charge in [-0.25, -0.2) is 0 Å². The van der Waals surface area contributed by atoms with Gasteiger partial charge in [-0.2, -0.15) is 0 Å². The van der Waals surface area contributed by atoms with Crippen LogP contribution in [0.15, 0.2) is 12.1 Å². The number of halogens is 1. The van der Waals surface area contributed by atoms with E-state index in [0.717, 1.165) is 30.9 Å². The van der Waals surface area contributed by atoms with Crippen molar-refractivity contribution in [2.24, 2.45) is 0 Å². The summed E-state index contributed by atoms with van der Waals surface area (Å²) in [7, 11) is 3.25. The number of ether oxygens (including phenoxy) is 2. The van der Waals surface area contributed by atoms with Gasteiger partial charge in [0.15, 0.2) is 0 Å². The first-order valence-corrected chi connectivity index (χ1v) is 6.51. The molecule has 1 unspecified atom stereocenters. The fourth-order valence-corrected chi connectivity index (χ4v) is 2.40.